The van der Waals surface area contributed by atoms with Crippen molar-refractivity contribution in [3.05, 3.63) is 39.3 Å². The van der Waals surface area contributed by atoms with Crippen molar-refractivity contribution in [3.63, 3.8) is 0 Å². The van der Waals surface area contributed by atoms with E-state index in [4.69, 9.17) is 12.2 Å². The molecule has 2 aromatic rings. The van der Waals surface area contributed by atoms with Crippen LogP contribution in [0.3, 0.4) is 0 Å². The van der Waals surface area contributed by atoms with Crippen LogP contribution in [-0.4, -0.2) is 4.57 Å². The van der Waals surface area contributed by atoms with Crippen LogP contribution in [-0.2, 0) is 6.54 Å². The topological polar surface area (TPSA) is 48.0 Å². The number of nitrogen functional groups attached to an aromatic ring is 1. The van der Waals surface area contributed by atoms with Gasteiger partial charge in [-0.25, -0.2) is 0 Å². The van der Waals surface area contributed by atoms with Crippen molar-refractivity contribution in [3.8, 4) is 23.6 Å². The second-order valence-corrected chi connectivity index (χ2v) is 4.12. The minimum absolute atomic E-state index is 0.0459. The molecule has 0 aliphatic heterocycles. The average Bonchev–Trinajstić information content (AvgIpc) is 2.61. The van der Waals surface area contributed by atoms with Crippen molar-refractivity contribution in [1.29, 1.82) is 0 Å². The first-order valence-corrected chi connectivity index (χ1v) is 5.58. The molecule has 0 atom stereocenters. The predicted molar refractivity (Wildman–Crippen MR) is 67.3 cm³/mol. The third-order valence-electron chi connectivity index (χ3n) is 2.21. The van der Waals surface area contributed by atoms with Crippen LogP contribution in [0.4, 0.5) is 5.69 Å². The molecule has 1 aromatic carbocycles. The molecule has 4 heteroatoms. The van der Waals surface area contributed by atoms with Crippen LogP contribution < -0.4 is 10.6 Å². The number of terminal acetylenes is 1. The molecular weight excluding hydrogens is 220 g/mol. The lowest BCUT2D eigenvalue weighted by Crippen LogP contribution is -2.13. The van der Waals surface area contributed by atoms with Crippen molar-refractivity contribution < 1.29 is 0 Å². The number of hydrogen-bond acceptors (Lipinski definition) is 3. The quantitative estimate of drug-likeness (QED) is 0.631. The molecule has 2 N–H and O–H groups in total. The maximum Gasteiger partial charge on any atom is 0.308 e. The summed E-state index contributed by atoms with van der Waals surface area (Å²) in [6, 6.07) is 7.39. The number of nitrogens with two attached hydrogens (primary N) is 1. The Kier molecular flexibility index (Phi) is 2.80. The van der Waals surface area contributed by atoms with Crippen molar-refractivity contribution >= 4 is 17.0 Å². The molecule has 0 saturated carbocycles. The lowest BCUT2D eigenvalue weighted by Gasteiger charge is -2.04. The third-order valence-corrected chi connectivity index (χ3v) is 2.98. The first-order chi connectivity index (χ1) is 7.72. The fourth-order valence-electron chi connectivity index (χ4n) is 1.49. The van der Waals surface area contributed by atoms with E-state index in [1.165, 1.54) is 0 Å². The first-order valence-electron chi connectivity index (χ1n) is 4.70. The summed E-state index contributed by atoms with van der Waals surface area (Å²) in [5.41, 5.74) is 8.10. The van der Waals surface area contributed by atoms with Crippen molar-refractivity contribution in [1.82, 2.24) is 4.57 Å². The molecule has 16 heavy (non-hydrogen) atoms. The standard InChI is InChI=1S/C12H10N2OS/c1-2-6-14-11(8-16-12(14)15)9-4-3-5-10(13)7-9/h1,3-5,7-8H,6,13H2. The second kappa shape index (κ2) is 4.25. The highest BCUT2D eigenvalue weighted by Gasteiger charge is 2.07. The highest BCUT2D eigenvalue weighted by molar-refractivity contribution is 7.07. The molecular formula is C12H10N2OS. The normalized spacial score (nSPS) is 9.94. The van der Waals surface area contributed by atoms with Crippen LogP contribution in [0.1, 0.15) is 0 Å². The summed E-state index contributed by atoms with van der Waals surface area (Å²) in [5, 5.41) is 1.80. The zero-order chi connectivity index (χ0) is 11.5. The van der Waals surface area contributed by atoms with E-state index >= 15 is 0 Å². The van der Waals surface area contributed by atoms with Gasteiger partial charge in [0, 0.05) is 16.6 Å². The van der Waals surface area contributed by atoms with Gasteiger partial charge in [0.15, 0.2) is 0 Å². The van der Waals surface area contributed by atoms with Gasteiger partial charge in [0.25, 0.3) is 0 Å². The van der Waals surface area contributed by atoms with Crippen molar-refractivity contribution in [2.75, 3.05) is 5.73 Å². The Hall–Kier alpha value is -1.99. The van der Waals surface area contributed by atoms with Gasteiger partial charge in [0.2, 0.25) is 0 Å². The highest BCUT2D eigenvalue weighted by Crippen LogP contribution is 2.21. The number of anilines is 1. The molecule has 0 saturated heterocycles. The fourth-order valence-corrected chi connectivity index (χ4v) is 2.26. The van der Waals surface area contributed by atoms with E-state index < -0.39 is 0 Å². The Bertz CT molecular complexity index is 604. The first kappa shape index (κ1) is 10.5. The zero-order valence-corrected chi connectivity index (χ0v) is 9.33. The van der Waals surface area contributed by atoms with E-state index in [1.807, 2.05) is 18.2 Å². The Morgan fingerprint density at radius 1 is 1.50 bits per heavy atom. The highest BCUT2D eigenvalue weighted by atomic mass is 32.1. The Morgan fingerprint density at radius 2 is 2.31 bits per heavy atom. The van der Waals surface area contributed by atoms with E-state index in [0.29, 0.717) is 5.69 Å². The van der Waals surface area contributed by atoms with Crippen LogP contribution in [0.2, 0.25) is 0 Å². The maximum absolute atomic E-state index is 11.5. The van der Waals surface area contributed by atoms with Gasteiger partial charge in [-0.05, 0) is 12.1 Å². The summed E-state index contributed by atoms with van der Waals surface area (Å²) in [6.45, 7) is 0.284. The molecule has 0 bridgehead atoms. The van der Waals surface area contributed by atoms with E-state index in [0.717, 1.165) is 22.6 Å². The van der Waals surface area contributed by atoms with Gasteiger partial charge in [-0.15, -0.1) is 6.42 Å². The average molecular weight is 230 g/mol. The number of thiazole rings is 1. The summed E-state index contributed by atoms with van der Waals surface area (Å²) in [4.78, 5) is 11.5. The zero-order valence-electron chi connectivity index (χ0n) is 8.51. The number of aromatic nitrogens is 1. The van der Waals surface area contributed by atoms with E-state index in [2.05, 4.69) is 5.92 Å². The van der Waals surface area contributed by atoms with Gasteiger partial charge in [0.05, 0.1) is 12.2 Å². The predicted octanol–water partition coefficient (Wildman–Crippen LogP) is 1.79. The largest absolute Gasteiger partial charge is 0.399 e. The molecule has 2 rings (SSSR count). The number of benzene rings is 1. The Balaban J connectivity index is 2.57. The molecule has 0 spiro atoms. The molecule has 0 unspecified atom stereocenters. The van der Waals surface area contributed by atoms with Crippen LogP contribution in [0, 0.1) is 12.3 Å². The number of nitrogens with zero attached hydrogens (tertiary/aromatic N) is 1. The monoisotopic (exact) mass is 230 g/mol. The molecule has 0 aliphatic rings. The summed E-state index contributed by atoms with van der Waals surface area (Å²) in [6.07, 6.45) is 5.24. The summed E-state index contributed by atoms with van der Waals surface area (Å²) < 4.78 is 1.57. The summed E-state index contributed by atoms with van der Waals surface area (Å²) in [5.74, 6) is 2.47. The van der Waals surface area contributed by atoms with Gasteiger partial charge < -0.3 is 5.73 Å². The van der Waals surface area contributed by atoms with Crippen molar-refractivity contribution in [2.45, 2.75) is 6.54 Å². The van der Waals surface area contributed by atoms with E-state index in [1.54, 1.807) is 16.0 Å². The van der Waals surface area contributed by atoms with Crippen LogP contribution in [0.5, 0.6) is 0 Å². The summed E-state index contributed by atoms with van der Waals surface area (Å²) in [7, 11) is 0. The van der Waals surface area contributed by atoms with Gasteiger partial charge in [-0.3, -0.25) is 9.36 Å². The fraction of sp³-hybridized carbons (Fsp3) is 0.0833. The van der Waals surface area contributed by atoms with Crippen LogP contribution in [0.25, 0.3) is 11.3 Å². The Morgan fingerprint density at radius 3 is 3.00 bits per heavy atom. The molecule has 0 fully saturated rings. The lowest BCUT2D eigenvalue weighted by molar-refractivity contribution is 0.835. The molecule has 1 heterocycles. The van der Waals surface area contributed by atoms with E-state index in [9.17, 15) is 4.79 Å². The number of rotatable bonds is 2. The van der Waals surface area contributed by atoms with E-state index in [-0.39, 0.29) is 11.4 Å². The van der Waals surface area contributed by atoms with Crippen LogP contribution in [0.15, 0.2) is 34.4 Å². The number of hydrogen-bond donors (Lipinski definition) is 1. The molecule has 1 aromatic heterocycles. The van der Waals surface area contributed by atoms with Crippen molar-refractivity contribution in [2.24, 2.45) is 0 Å². The smallest absolute Gasteiger partial charge is 0.308 e. The minimum atomic E-state index is -0.0459. The van der Waals surface area contributed by atoms with Gasteiger partial charge >= 0.3 is 4.87 Å². The minimum Gasteiger partial charge on any atom is -0.399 e. The SMILES string of the molecule is C#CCn1c(-c2cccc(N)c2)csc1=O. The second-order valence-electron chi connectivity index (χ2n) is 3.30. The van der Waals surface area contributed by atoms with Gasteiger partial charge in [-0.1, -0.05) is 29.4 Å². The van der Waals surface area contributed by atoms with Crippen LogP contribution >= 0.6 is 11.3 Å². The molecule has 0 amide bonds. The summed E-state index contributed by atoms with van der Waals surface area (Å²) >= 11 is 1.14. The lowest BCUT2D eigenvalue weighted by atomic mass is 10.1. The molecule has 0 radical (unpaired) electrons. The molecule has 0 aliphatic carbocycles. The Labute approximate surface area is 97.2 Å². The molecule has 80 valence electrons. The third kappa shape index (κ3) is 1.86. The van der Waals surface area contributed by atoms with Gasteiger partial charge in [-0.2, -0.15) is 0 Å². The maximum atomic E-state index is 11.5. The molecule has 3 nitrogen and oxygen atoms in total. The van der Waals surface area contributed by atoms with Gasteiger partial charge in [0.1, 0.15) is 0 Å².